The first-order valence-electron chi connectivity index (χ1n) is 8.42. The second-order valence-electron chi connectivity index (χ2n) is 6.60. The second-order valence-corrected chi connectivity index (χ2v) is 6.60. The molecule has 2 aromatic heterocycles. The van der Waals surface area contributed by atoms with Gasteiger partial charge >= 0.3 is 0 Å². The van der Waals surface area contributed by atoms with Crippen LogP contribution in [-0.4, -0.2) is 40.6 Å². The Morgan fingerprint density at radius 1 is 1.36 bits per heavy atom. The lowest BCUT2D eigenvalue weighted by Crippen LogP contribution is -2.35. The molecule has 3 aromatic rings. The average molecular weight is 339 g/mol. The summed E-state index contributed by atoms with van der Waals surface area (Å²) in [5, 5.41) is 0.985. The molecule has 0 aliphatic carbocycles. The number of hydrogen-bond acceptors (Lipinski definition) is 4. The van der Waals surface area contributed by atoms with Crippen molar-refractivity contribution in [1.29, 1.82) is 0 Å². The molecule has 0 unspecified atom stereocenters. The standard InChI is InChI=1S/C19H21N3O3/c1-13-16-5-3-4-6-17(16)25-18(13)19(23)21-8-14(11-24-2)9-22-12-20-7-15(22)10-21/h3-7,12,14H,8-11H2,1-2H3/t14-/m0/s1. The number of rotatable bonds is 3. The first-order valence-corrected chi connectivity index (χ1v) is 8.42. The van der Waals surface area contributed by atoms with Gasteiger partial charge in [-0.25, -0.2) is 4.98 Å². The number of hydrogen-bond donors (Lipinski definition) is 0. The Morgan fingerprint density at radius 3 is 3.00 bits per heavy atom. The van der Waals surface area contributed by atoms with Gasteiger partial charge in [0, 0.05) is 43.3 Å². The van der Waals surface area contributed by atoms with Gasteiger partial charge in [-0.3, -0.25) is 4.79 Å². The van der Waals surface area contributed by atoms with E-state index >= 15 is 0 Å². The molecule has 130 valence electrons. The molecular weight excluding hydrogens is 318 g/mol. The van der Waals surface area contributed by atoms with Crippen molar-refractivity contribution in [3.8, 4) is 0 Å². The van der Waals surface area contributed by atoms with Crippen LogP contribution in [0.3, 0.4) is 0 Å². The van der Waals surface area contributed by atoms with Crippen molar-refractivity contribution in [2.45, 2.75) is 20.0 Å². The highest BCUT2D eigenvalue weighted by atomic mass is 16.5. The Labute approximate surface area is 146 Å². The van der Waals surface area contributed by atoms with Crippen LogP contribution in [-0.2, 0) is 17.8 Å². The average Bonchev–Trinajstić information content (AvgIpc) is 3.14. The fraction of sp³-hybridized carbons (Fsp3) is 0.368. The lowest BCUT2D eigenvalue weighted by molar-refractivity contribution is 0.0638. The number of ether oxygens (including phenoxy) is 1. The minimum absolute atomic E-state index is 0.0792. The summed E-state index contributed by atoms with van der Waals surface area (Å²) in [4.78, 5) is 19.2. The van der Waals surface area contributed by atoms with E-state index < -0.39 is 0 Å². The van der Waals surface area contributed by atoms with Gasteiger partial charge in [0.15, 0.2) is 5.76 Å². The van der Waals surface area contributed by atoms with E-state index in [0.29, 0.717) is 25.5 Å². The third-order valence-corrected chi connectivity index (χ3v) is 4.81. The molecule has 0 saturated heterocycles. The smallest absolute Gasteiger partial charge is 0.290 e. The summed E-state index contributed by atoms with van der Waals surface area (Å²) in [6, 6.07) is 7.75. The molecule has 0 N–H and O–H groups in total. The zero-order valence-corrected chi connectivity index (χ0v) is 14.4. The number of benzene rings is 1. The van der Waals surface area contributed by atoms with Crippen LogP contribution in [0.15, 0.2) is 41.2 Å². The van der Waals surface area contributed by atoms with Crippen LogP contribution in [0.2, 0.25) is 0 Å². The van der Waals surface area contributed by atoms with Crippen LogP contribution >= 0.6 is 0 Å². The van der Waals surface area contributed by atoms with Gasteiger partial charge in [-0.1, -0.05) is 18.2 Å². The molecule has 6 nitrogen and oxygen atoms in total. The minimum atomic E-state index is -0.0792. The molecule has 1 aliphatic heterocycles. The van der Waals surface area contributed by atoms with Gasteiger partial charge in [-0.2, -0.15) is 0 Å². The molecule has 0 radical (unpaired) electrons. The number of nitrogens with zero attached hydrogens (tertiary/aromatic N) is 3. The maximum absolute atomic E-state index is 13.2. The molecule has 1 aromatic carbocycles. The summed E-state index contributed by atoms with van der Waals surface area (Å²) < 4.78 is 13.3. The van der Waals surface area contributed by atoms with E-state index in [-0.39, 0.29) is 11.8 Å². The maximum Gasteiger partial charge on any atom is 0.290 e. The quantitative estimate of drug-likeness (QED) is 0.736. The molecule has 0 fully saturated rings. The second kappa shape index (κ2) is 6.37. The molecule has 1 amide bonds. The fourth-order valence-electron chi connectivity index (χ4n) is 3.57. The Bertz CT molecular complexity index is 912. The molecule has 1 aliphatic rings. The molecule has 0 saturated carbocycles. The van der Waals surface area contributed by atoms with E-state index in [1.165, 1.54) is 0 Å². The lowest BCUT2D eigenvalue weighted by atomic mass is 10.1. The zero-order valence-electron chi connectivity index (χ0n) is 14.4. The number of para-hydroxylation sites is 1. The van der Waals surface area contributed by atoms with Gasteiger partial charge in [-0.15, -0.1) is 0 Å². The monoisotopic (exact) mass is 339 g/mol. The maximum atomic E-state index is 13.2. The third-order valence-electron chi connectivity index (χ3n) is 4.81. The van der Waals surface area contributed by atoms with Gasteiger partial charge in [0.2, 0.25) is 0 Å². The number of imidazole rings is 1. The van der Waals surface area contributed by atoms with E-state index in [2.05, 4.69) is 9.55 Å². The zero-order chi connectivity index (χ0) is 17.4. The summed E-state index contributed by atoms with van der Waals surface area (Å²) in [6.07, 6.45) is 3.64. The van der Waals surface area contributed by atoms with Crippen LogP contribution in [0.1, 0.15) is 21.8 Å². The largest absolute Gasteiger partial charge is 0.451 e. The van der Waals surface area contributed by atoms with Crippen molar-refractivity contribution < 1.29 is 13.9 Å². The normalized spacial score (nSPS) is 17.5. The Morgan fingerprint density at radius 2 is 2.20 bits per heavy atom. The predicted octanol–water partition coefficient (Wildman–Crippen LogP) is 2.86. The summed E-state index contributed by atoms with van der Waals surface area (Å²) in [6.45, 7) is 4.49. The number of methoxy groups -OCH3 is 1. The number of furan rings is 1. The van der Waals surface area contributed by atoms with Crippen molar-refractivity contribution in [2.75, 3.05) is 20.3 Å². The highest BCUT2D eigenvalue weighted by Crippen LogP contribution is 2.27. The summed E-state index contributed by atoms with van der Waals surface area (Å²) in [5.41, 5.74) is 2.67. The van der Waals surface area contributed by atoms with Crippen LogP contribution in [0.5, 0.6) is 0 Å². The molecule has 6 heteroatoms. The summed E-state index contributed by atoms with van der Waals surface area (Å²) in [7, 11) is 1.69. The van der Waals surface area contributed by atoms with Crippen molar-refractivity contribution >= 4 is 16.9 Å². The Balaban J connectivity index is 1.69. The predicted molar refractivity (Wildman–Crippen MR) is 93.3 cm³/mol. The topological polar surface area (TPSA) is 60.5 Å². The van der Waals surface area contributed by atoms with Crippen molar-refractivity contribution in [3.63, 3.8) is 0 Å². The van der Waals surface area contributed by atoms with Crippen LogP contribution < -0.4 is 0 Å². The number of fused-ring (bicyclic) bond motifs is 2. The molecular formula is C19H21N3O3. The molecule has 1 atom stereocenters. The molecule has 0 spiro atoms. The number of carbonyl (C=O) groups excluding carboxylic acids is 1. The highest BCUT2D eigenvalue weighted by Gasteiger charge is 2.29. The number of aryl methyl sites for hydroxylation is 1. The summed E-state index contributed by atoms with van der Waals surface area (Å²) >= 11 is 0. The SMILES string of the molecule is COC[C@H]1CN(C(=O)c2oc3ccccc3c2C)Cc2cncn2C1. The highest BCUT2D eigenvalue weighted by molar-refractivity contribution is 5.98. The van der Waals surface area contributed by atoms with Crippen LogP contribution in [0.25, 0.3) is 11.0 Å². The van der Waals surface area contributed by atoms with Gasteiger partial charge in [0.25, 0.3) is 5.91 Å². The summed E-state index contributed by atoms with van der Waals surface area (Å²) in [5.74, 6) is 0.559. The van der Waals surface area contributed by atoms with E-state index in [9.17, 15) is 4.79 Å². The molecule has 3 heterocycles. The molecule has 25 heavy (non-hydrogen) atoms. The Hall–Kier alpha value is -2.60. The lowest BCUT2D eigenvalue weighted by Gasteiger charge is -2.23. The van der Waals surface area contributed by atoms with Crippen LogP contribution in [0.4, 0.5) is 0 Å². The first-order chi connectivity index (χ1) is 12.2. The molecule has 4 rings (SSSR count). The number of amides is 1. The van der Waals surface area contributed by atoms with Gasteiger partial charge in [-0.05, 0) is 13.0 Å². The van der Waals surface area contributed by atoms with E-state index in [4.69, 9.17) is 9.15 Å². The minimum Gasteiger partial charge on any atom is -0.451 e. The third kappa shape index (κ3) is 2.82. The Kier molecular flexibility index (Phi) is 4.05. The van der Waals surface area contributed by atoms with Crippen molar-refractivity contribution in [1.82, 2.24) is 14.5 Å². The van der Waals surface area contributed by atoms with Crippen LogP contribution in [0, 0.1) is 12.8 Å². The van der Waals surface area contributed by atoms with Crippen molar-refractivity contribution in [3.05, 3.63) is 53.8 Å². The van der Waals surface area contributed by atoms with Gasteiger partial charge in [0.1, 0.15) is 5.58 Å². The fourth-order valence-corrected chi connectivity index (χ4v) is 3.57. The van der Waals surface area contributed by atoms with E-state index in [1.807, 2.05) is 48.6 Å². The number of carbonyl (C=O) groups is 1. The molecule has 0 bridgehead atoms. The van der Waals surface area contributed by atoms with E-state index in [1.54, 1.807) is 7.11 Å². The van der Waals surface area contributed by atoms with Crippen molar-refractivity contribution in [2.24, 2.45) is 5.92 Å². The number of aromatic nitrogens is 2. The first kappa shape index (κ1) is 15.9. The van der Waals surface area contributed by atoms with Gasteiger partial charge < -0.3 is 18.6 Å². The van der Waals surface area contributed by atoms with E-state index in [0.717, 1.165) is 28.8 Å². The van der Waals surface area contributed by atoms with Gasteiger partial charge in [0.05, 0.1) is 25.2 Å².